The molecule has 0 aromatic rings. The number of carbonyl (C=O) groups excluding carboxylic acids is 3. The second kappa shape index (κ2) is 67.4. The Morgan fingerprint density at radius 2 is 0.494 bits per heavy atom. The van der Waals surface area contributed by atoms with Gasteiger partial charge in [0.2, 0.25) is 0 Å². The number of carbonyl (C=O) groups is 3. The zero-order chi connectivity index (χ0) is 57.1. The van der Waals surface area contributed by atoms with Gasteiger partial charge < -0.3 is 14.2 Å². The molecular weight excluding hydrogens is 973 g/mol. The molecule has 0 saturated heterocycles. The van der Waals surface area contributed by atoms with Gasteiger partial charge in [-0.2, -0.15) is 0 Å². The molecule has 79 heavy (non-hydrogen) atoms. The molecule has 0 bridgehead atoms. The van der Waals surface area contributed by atoms with Crippen LogP contribution < -0.4 is 0 Å². The van der Waals surface area contributed by atoms with Gasteiger partial charge in [-0.3, -0.25) is 14.4 Å². The molecule has 0 rings (SSSR count). The van der Waals surface area contributed by atoms with E-state index in [1.54, 1.807) is 0 Å². The second-order valence-corrected chi connectivity index (χ2v) is 23.1. The van der Waals surface area contributed by atoms with Crippen molar-refractivity contribution in [2.45, 2.75) is 361 Å². The Balaban J connectivity index is 4.07. The van der Waals surface area contributed by atoms with Crippen LogP contribution in [0.1, 0.15) is 355 Å². The van der Waals surface area contributed by atoms with Crippen LogP contribution >= 0.6 is 0 Å². The maximum absolute atomic E-state index is 12.9. The molecule has 6 nitrogen and oxygen atoms in total. The molecule has 0 N–H and O–H groups in total. The summed E-state index contributed by atoms with van der Waals surface area (Å²) in [5.41, 5.74) is 0. The molecular formula is C73H130O6. The van der Waals surface area contributed by atoms with Gasteiger partial charge in [0.15, 0.2) is 6.10 Å². The lowest BCUT2D eigenvalue weighted by atomic mass is 10.0. The first-order valence-corrected chi connectivity index (χ1v) is 34.4. The zero-order valence-electron chi connectivity index (χ0n) is 52.6. The number of ether oxygens (including phenoxy) is 3. The van der Waals surface area contributed by atoms with Gasteiger partial charge in [0, 0.05) is 19.3 Å². The first-order chi connectivity index (χ1) is 39.0. The Kier molecular flexibility index (Phi) is 64.7. The number of allylic oxidation sites excluding steroid dienone is 12. The minimum absolute atomic E-state index is 0.0690. The molecule has 0 aliphatic carbocycles. The van der Waals surface area contributed by atoms with Crippen molar-refractivity contribution in [1.29, 1.82) is 0 Å². The second-order valence-electron chi connectivity index (χ2n) is 23.1. The predicted octanol–water partition coefficient (Wildman–Crippen LogP) is 23.7. The average molecular weight is 1100 g/mol. The van der Waals surface area contributed by atoms with Crippen LogP contribution in [0.3, 0.4) is 0 Å². The fourth-order valence-electron chi connectivity index (χ4n) is 10.1. The fraction of sp³-hybridized carbons (Fsp3) is 0.795. The third-order valence-electron chi connectivity index (χ3n) is 15.2. The van der Waals surface area contributed by atoms with Crippen molar-refractivity contribution in [2.75, 3.05) is 13.2 Å². The number of unbranched alkanes of at least 4 members (excludes halogenated alkanes) is 40. The lowest BCUT2D eigenvalue weighted by molar-refractivity contribution is -0.167. The highest BCUT2D eigenvalue weighted by atomic mass is 16.6. The van der Waals surface area contributed by atoms with E-state index < -0.39 is 6.10 Å². The molecule has 0 amide bonds. The van der Waals surface area contributed by atoms with Crippen LogP contribution in [0.4, 0.5) is 0 Å². The molecule has 458 valence electrons. The summed E-state index contributed by atoms with van der Waals surface area (Å²) < 4.78 is 16.9. The minimum atomic E-state index is -0.770. The normalized spacial score (nSPS) is 12.5. The van der Waals surface area contributed by atoms with E-state index in [0.717, 1.165) is 96.3 Å². The molecule has 0 heterocycles. The van der Waals surface area contributed by atoms with Crippen LogP contribution in [0.5, 0.6) is 0 Å². The van der Waals surface area contributed by atoms with Crippen LogP contribution in [0, 0.1) is 0 Å². The van der Waals surface area contributed by atoms with Crippen molar-refractivity contribution in [1.82, 2.24) is 0 Å². The van der Waals surface area contributed by atoms with Crippen molar-refractivity contribution in [3.63, 3.8) is 0 Å². The summed E-state index contributed by atoms with van der Waals surface area (Å²) in [5.74, 6) is -0.853. The average Bonchev–Trinajstić information content (AvgIpc) is 3.45. The van der Waals surface area contributed by atoms with Crippen molar-refractivity contribution < 1.29 is 28.6 Å². The molecule has 0 radical (unpaired) electrons. The van der Waals surface area contributed by atoms with Crippen LogP contribution in [0.15, 0.2) is 72.9 Å². The number of rotatable bonds is 63. The largest absolute Gasteiger partial charge is 0.462 e. The molecule has 1 unspecified atom stereocenters. The van der Waals surface area contributed by atoms with Crippen LogP contribution in [0.25, 0.3) is 0 Å². The third kappa shape index (κ3) is 65.5. The van der Waals surface area contributed by atoms with Crippen molar-refractivity contribution >= 4 is 17.9 Å². The molecule has 0 aromatic heterocycles. The van der Waals surface area contributed by atoms with E-state index >= 15 is 0 Å². The molecule has 0 aromatic carbocycles. The minimum Gasteiger partial charge on any atom is -0.462 e. The fourth-order valence-corrected chi connectivity index (χ4v) is 10.1. The summed E-state index contributed by atoms with van der Waals surface area (Å²) in [4.78, 5) is 38.2. The molecule has 0 saturated carbocycles. The third-order valence-corrected chi connectivity index (χ3v) is 15.2. The molecule has 1 atom stereocenters. The van der Waals surface area contributed by atoms with Crippen LogP contribution in [-0.4, -0.2) is 37.2 Å². The summed E-state index contributed by atoms with van der Waals surface area (Å²) >= 11 is 0. The highest BCUT2D eigenvalue weighted by molar-refractivity contribution is 5.71. The summed E-state index contributed by atoms with van der Waals surface area (Å²) in [6, 6.07) is 0. The molecule has 0 spiro atoms. The summed E-state index contributed by atoms with van der Waals surface area (Å²) in [5, 5.41) is 0. The Morgan fingerprint density at radius 3 is 0.772 bits per heavy atom. The highest BCUT2D eigenvalue weighted by Gasteiger charge is 2.19. The van der Waals surface area contributed by atoms with Gasteiger partial charge in [0.05, 0.1) is 0 Å². The number of esters is 3. The molecule has 6 heteroatoms. The maximum atomic E-state index is 12.9. The van der Waals surface area contributed by atoms with E-state index in [4.69, 9.17) is 14.2 Å². The standard InChI is InChI=1S/C73H130O6/c1-4-7-10-13-16-19-21-23-25-27-29-31-32-33-34-35-36-37-38-39-40-41-42-43-45-46-48-50-52-54-57-60-63-66-72(75)78-69-70(68-77-71(74)65-62-59-56-18-15-12-9-6-3)79-73(76)67-64-61-58-55-53-51-49-47-44-30-28-26-24-22-20-17-14-11-8-5-2/h7,10,16,19,23,25,29,31,33-34,36-37,70H,4-6,8-9,11-15,17-18,20-22,24,26-28,30,32,35,38-69H2,1-3H3/b10-7-,19-16-,25-23-,31-29-,34-33-,37-36-. The van der Waals surface area contributed by atoms with Gasteiger partial charge in [-0.05, 0) is 70.6 Å². The molecule has 0 aliphatic heterocycles. The van der Waals surface area contributed by atoms with Gasteiger partial charge >= 0.3 is 17.9 Å². The summed E-state index contributed by atoms with van der Waals surface area (Å²) in [6.45, 7) is 6.55. The maximum Gasteiger partial charge on any atom is 0.306 e. The van der Waals surface area contributed by atoms with E-state index in [9.17, 15) is 14.4 Å². The molecule has 0 fully saturated rings. The van der Waals surface area contributed by atoms with E-state index in [2.05, 4.69) is 93.7 Å². The van der Waals surface area contributed by atoms with Gasteiger partial charge in [-0.15, -0.1) is 0 Å². The Morgan fingerprint density at radius 1 is 0.266 bits per heavy atom. The van der Waals surface area contributed by atoms with Crippen LogP contribution in [0.2, 0.25) is 0 Å². The smallest absolute Gasteiger partial charge is 0.306 e. The van der Waals surface area contributed by atoms with Crippen molar-refractivity contribution in [3.8, 4) is 0 Å². The van der Waals surface area contributed by atoms with Gasteiger partial charge in [-0.25, -0.2) is 0 Å². The SMILES string of the molecule is CC/C=C\C/C=C\C/C=C\C/C=C\C/C=C\C/C=C\CCCCCCCCCCCCCCCCC(=O)OCC(COC(=O)CCCCCCCCCC)OC(=O)CCCCCCCCCCCCCCCCCCCCCC. The van der Waals surface area contributed by atoms with Gasteiger partial charge in [-0.1, -0.05) is 338 Å². The number of hydrogen-bond acceptors (Lipinski definition) is 6. The van der Waals surface area contributed by atoms with Crippen LogP contribution in [-0.2, 0) is 28.6 Å². The van der Waals surface area contributed by atoms with E-state index in [1.165, 1.54) is 218 Å². The first-order valence-electron chi connectivity index (χ1n) is 34.4. The summed E-state index contributed by atoms with van der Waals surface area (Å²) in [6.07, 6.45) is 88.0. The topological polar surface area (TPSA) is 78.9 Å². The van der Waals surface area contributed by atoms with Gasteiger partial charge in [0.25, 0.3) is 0 Å². The quantitative estimate of drug-likeness (QED) is 0.0261. The molecule has 0 aliphatic rings. The lowest BCUT2D eigenvalue weighted by Crippen LogP contribution is -2.30. The van der Waals surface area contributed by atoms with E-state index in [-0.39, 0.29) is 31.1 Å². The first kappa shape index (κ1) is 75.8. The Bertz CT molecular complexity index is 1450. The Hall–Kier alpha value is -3.15. The zero-order valence-corrected chi connectivity index (χ0v) is 52.6. The summed E-state index contributed by atoms with van der Waals surface area (Å²) in [7, 11) is 0. The predicted molar refractivity (Wildman–Crippen MR) is 344 cm³/mol. The van der Waals surface area contributed by atoms with Crippen molar-refractivity contribution in [2.24, 2.45) is 0 Å². The van der Waals surface area contributed by atoms with E-state index in [1.807, 2.05) is 0 Å². The van der Waals surface area contributed by atoms with Crippen molar-refractivity contribution in [3.05, 3.63) is 72.9 Å². The van der Waals surface area contributed by atoms with E-state index in [0.29, 0.717) is 19.3 Å². The van der Waals surface area contributed by atoms with Gasteiger partial charge in [0.1, 0.15) is 13.2 Å². The monoisotopic (exact) mass is 1100 g/mol. The number of hydrogen-bond donors (Lipinski definition) is 0. The highest BCUT2D eigenvalue weighted by Crippen LogP contribution is 2.18. The lowest BCUT2D eigenvalue weighted by Gasteiger charge is -2.18. The Labute approximate surface area is 491 Å².